The van der Waals surface area contributed by atoms with Gasteiger partial charge in [0.1, 0.15) is 0 Å². The topological polar surface area (TPSA) is 21.7 Å². The summed E-state index contributed by atoms with van der Waals surface area (Å²) in [5.74, 6) is -0.463. The summed E-state index contributed by atoms with van der Waals surface area (Å²) in [6.07, 6.45) is 0.342. The van der Waals surface area contributed by atoms with Crippen LogP contribution < -0.4 is 4.46 Å². The Hall–Kier alpha value is -1.16. The van der Waals surface area contributed by atoms with E-state index in [9.17, 15) is 0 Å². The molecule has 2 heterocycles. The van der Waals surface area contributed by atoms with E-state index in [-0.39, 0.29) is 12.2 Å². The number of likely N-dealkylation sites (tertiary alicyclic amines) is 1. The van der Waals surface area contributed by atoms with E-state index in [0.29, 0.717) is 27.0 Å². The van der Waals surface area contributed by atoms with Crippen LogP contribution in [0, 0.1) is 0 Å². The Morgan fingerprint density at radius 2 is 1.69 bits per heavy atom. The number of benzene rings is 2. The first kappa shape index (κ1) is 18.2. The zero-order valence-electron chi connectivity index (χ0n) is 15.7. The number of hydrogen-bond donors (Lipinski definition) is 0. The minimum absolute atomic E-state index is 0.168. The van der Waals surface area contributed by atoms with Crippen LogP contribution in [0.1, 0.15) is 32.4 Å². The summed E-state index contributed by atoms with van der Waals surface area (Å²) in [5.41, 5.74) is 1.36. The van der Waals surface area contributed by atoms with Crippen molar-refractivity contribution >= 4 is 19.4 Å². The van der Waals surface area contributed by atoms with Gasteiger partial charge in [-0.2, -0.15) is 0 Å². The number of rotatable bonds is 5. The molecule has 0 bridgehead atoms. The van der Waals surface area contributed by atoms with Gasteiger partial charge in [0, 0.05) is 0 Å². The number of ether oxygens (including phenoxy) is 2. The molecule has 2 aromatic carbocycles. The van der Waals surface area contributed by atoms with Crippen molar-refractivity contribution in [3.8, 4) is 0 Å². The van der Waals surface area contributed by atoms with Crippen LogP contribution in [0.15, 0.2) is 60.7 Å². The molecule has 2 saturated heterocycles. The van der Waals surface area contributed by atoms with Gasteiger partial charge in [0.05, 0.1) is 0 Å². The van der Waals surface area contributed by atoms with Gasteiger partial charge in [0.2, 0.25) is 0 Å². The van der Waals surface area contributed by atoms with Crippen LogP contribution in [-0.2, 0) is 9.47 Å². The second kappa shape index (κ2) is 7.46. The van der Waals surface area contributed by atoms with E-state index in [2.05, 4.69) is 72.5 Å². The molecule has 4 atom stereocenters. The molecule has 0 unspecified atom stereocenters. The quantitative estimate of drug-likeness (QED) is 0.698. The second-order valence-corrected chi connectivity index (χ2v) is 9.91. The van der Waals surface area contributed by atoms with Gasteiger partial charge in [-0.25, -0.2) is 0 Å². The summed E-state index contributed by atoms with van der Waals surface area (Å²) >= 11 is 0.436. The van der Waals surface area contributed by atoms with Crippen LogP contribution in [-0.4, -0.2) is 50.4 Å². The summed E-state index contributed by atoms with van der Waals surface area (Å²) < 4.78 is 14.0. The summed E-state index contributed by atoms with van der Waals surface area (Å²) in [6, 6.07) is 22.4. The Kier molecular flexibility index (Phi) is 5.22. The fourth-order valence-electron chi connectivity index (χ4n) is 4.12. The second-order valence-electron chi connectivity index (χ2n) is 7.61. The molecule has 0 radical (unpaired) electrons. The molecule has 4 rings (SSSR count). The van der Waals surface area contributed by atoms with Crippen molar-refractivity contribution in [1.29, 1.82) is 0 Å². The van der Waals surface area contributed by atoms with E-state index < -0.39 is 5.79 Å². The number of fused-ring (bicyclic) bond motifs is 1. The Balaban J connectivity index is 1.54. The zero-order chi connectivity index (χ0) is 18.1. The van der Waals surface area contributed by atoms with Gasteiger partial charge in [0.25, 0.3) is 0 Å². The van der Waals surface area contributed by atoms with Gasteiger partial charge in [0.15, 0.2) is 0 Å². The first-order valence-electron chi connectivity index (χ1n) is 9.38. The Morgan fingerprint density at radius 1 is 1.04 bits per heavy atom. The molecule has 0 amide bonds. The van der Waals surface area contributed by atoms with Crippen molar-refractivity contribution in [3.05, 3.63) is 66.2 Å². The fraction of sp³-hybridized carbons (Fsp3) is 0.455. The third kappa shape index (κ3) is 3.76. The van der Waals surface area contributed by atoms with Crippen molar-refractivity contribution in [2.24, 2.45) is 0 Å². The molecule has 3 nitrogen and oxygen atoms in total. The zero-order valence-corrected chi connectivity index (χ0v) is 17.4. The summed E-state index contributed by atoms with van der Waals surface area (Å²) in [5, 5.41) is 1.15. The van der Waals surface area contributed by atoms with Gasteiger partial charge in [-0.1, -0.05) is 0 Å². The van der Waals surface area contributed by atoms with E-state index in [4.69, 9.17) is 9.47 Å². The van der Waals surface area contributed by atoms with E-state index in [1.54, 1.807) is 0 Å². The average molecular weight is 416 g/mol. The molecule has 2 aliphatic heterocycles. The fourth-order valence-corrected chi connectivity index (χ4v) is 6.41. The average Bonchev–Trinajstić information content (AvgIpc) is 3.12. The maximum atomic E-state index is 6.34. The van der Waals surface area contributed by atoms with Crippen molar-refractivity contribution in [3.63, 3.8) is 0 Å². The predicted octanol–water partition coefficient (Wildman–Crippen LogP) is 3.40. The van der Waals surface area contributed by atoms with E-state index in [1.165, 1.54) is 10.0 Å². The van der Waals surface area contributed by atoms with Crippen molar-refractivity contribution in [2.45, 2.75) is 56.2 Å². The van der Waals surface area contributed by atoms with Gasteiger partial charge >= 0.3 is 163 Å². The molecule has 0 spiro atoms. The minimum atomic E-state index is -0.463. The third-order valence-electron chi connectivity index (χ3n) is 5.36. The van der Waals surface area contributed by atoms with Crippen LogP contribution in [0.2, 0.25) is 5.32 Å². The molecule has 2 fully saturated rings. The van der Waals surface area contributed by atoms with Crippen molar-refractivity contribution in [2.75, 3.05) is 6.54 Å². The molecule has 26 heavy (non-hydrogen) atoms. The summed E-state index contributed by atoms with van der Waals surface area (Å²) in [6.45, 7) is 7.33. The van der Waals surface area contributed by atoms with Gasteiger partial charge < -0.3 is 0 Å². The molecule has 0 N–H and O–H groups in total. The van der Waals surface area contributed by atoms with Crippen LogP contribution in [0.25, 0.3) is 0 Å². The van der Waals surface area contributed by atoms with Gasteiger partial charge in [-0.05, 0) is 0 Å². The standard InChI is InChI=1S/C22H27NO2Se/c1-16(17-10-6-4-7-11-17)23-14-20-21(25-22(2,3)24-20)19(23)15-26-18-12-8-5-9-13-18/h4-13,16,19-21H,14-15H2,1-3H3/t16-,19-,20-,21+/m0/s1. The van der Waals surface area contributed by atoms with Crippen LogP contribution in [0.5, 0.6) is 0 Å². The molecule has 0 aliphatic carbocycles. The molecule has 4 heteroatoms. The molecule has 2 aliphatic rings. The van der Waals surface area contributed by atoms with Gasteiger partial charge in [-0.3, -0.25) is 0 Å². The number of hydrogen-bond acceptors (Lipinski definition) is 3. The molecule has 0 aromatic heterocycles. The van der Waals surface area contributed by atoms with E-state index in [1.807, 2.05) is 13.8 Å². The van der Waals surface area contributed by atoms with Crippen molar-refractivity contribution < 1.29 is 9.47 Å². The molecular formula is C22H27NO2Se. The van der Waals surface area contributed by atoms with Crippen LogP contribution >= 0.6 is 0 Å². The molecule has 0 saturated carbocycles. The SMILES string of the molecule is C[C@@H](c1ccccc1)N1C[C@@H]2OC(C)(C)O[C@@H]2[C@@H]1C[Se]c1ccccc1. The first-order valence-corrected chi connectivity index (χ1v) is 11.4. The normalized spacial score (nSPS) is 28.8. The van der Waals surface area contributed by atoms with Crippen LogP contribution in [0.4, 0.5) is 0 Å². The third-order valence-corrected chi connectivity index (χ3v) is 7.70. The summed E-state index contributed by atoms with van der Waals surface area (Å²) in [4.78, 5) is 2.60. The maximum absolute atomic E-state index is 6.34. The van der Waals surface area contributed by atoms with Crippen molar-refractivity contribution in [1.82, 2.24) is 4.90 Å². The Morgan fingerprint density at radius 3 is 2.38 bits per heavy atom. The van der Waals surface area contributed by atoms with Crippen LogP contribution in [0.3, 0.4) is 0 Å². The van der Waals surface area contributed by atoms with E-state index in [0.717, 1.165) is 11.9 Å². The molecular weight excluding hydrogens is 389 g/mol. The monoisotopic (exact) mass is 417 g/mol. The summed E-state index contributed by atoms with van der Waals surface area (Å²) in [7, 11) is 0. The first-order chi connectivity index (χ1) is 12.5. The van der Waals surface area contributed by atoms with E-state index >= 15 is 0 Å². The molecule has 2 aromatic rings. The predicted molar refractivity (Wildman–Crippen MR) is 106 cm³/mol. The Labute approximate surface area is 162 Å². The number of nitrogens with zero attached hydrogens (tertiary/aromatic N) is 1. The Bertz CT molecular complexity index is 721. The molecule has 138 valence electrons. The van der Waals surface area contributed by atoms with Gasteiger partial charge in [-0.15, -0.1) is 0 Å².